The van der Waals surface area contributed by atoms with Gasteiger partial charge in [-0.2, -0.15) is 0 Å². The molecule has 1 aromatic heterocycles. The molecule has 5 heteroatoms. The maximum atomic E-state index is 13.2. The van der Waals surface area contributed by atoms with Crippen molar-refractivity contribution in [1.29, 1.82) is 0 Å². The highest BCUT2D eigenvalue weighted by Crippen LogP contribution is 2.32. The minimum Gasteiger partial charge on any atom is -0.496 e. The van der Waals surface area contributed by atoms with Crippen molar-refractivity contribution in [3.8, 4) is 5.75 Å². The topological polar surface area (TPSA) is 42.6 Å². The van der Waals surface area contributed by atoms with Gasteiger partial charge in [0.1, 0.15) is 29.0 Å². The summed E-state index contributed by atoms with van der Waals surface area (Å²) in [6.07, 6.45) is -0.928. The summed E-state index contributed by atoms with van der Waals surface area (Å²) in [5, 5.41) is 11.0. The van der Waals surface area contributed by atoms with Crippen LogP contribution in [0.15, 0.2) is 51.4 Å². The normalized spacial score (nSPS) is 12.6. The Hall–Kier alpha value is -1.85. The van der Waals surface area contributed by atoms with Gasteiger partial charge in [0.05, 0.1) is 11.6 Å². The van der Waals surface area contributed by atoms with Crippen molar-refractivity contribution in [1.82, 2.24) is 0 Å². The first kappa shape index (κ1) is 14.1. The maximum Gasteiger partial charge on any atom is 0.138 e. The maximum absolute atomic E-state index is 13.2. The van der Waals surface area contributed by atoms with Gasteiger partial charge in [0.25, 0.3) is 0 Å². The van der Waals surface area contributed by atoms with Crippen molar-refractivity contribution < 1.29 is 18.7 Å². The third-order valence-corrected chi connectivity index (χ3v) is 3.88. The lowest BCUT2D eigenvalue weighted by Gasteiger charge is -2.10. The first-order valence-electron chi connectivity index (χ1n) is 6.29. The van der Waals surface area contributed by atoms with Gasteiger partial charge in [-0.05, 0) is 57.9 Å². The zero-order chi connectivity index (χ0) is 15.0. The summed E-state index contributed by atoms with van der Waals surface area (Å²) in [6.45, 7) is 0. The molecule has 1 N–H and O–H groups in total. The van der Waals surface area contributed by atoms with Gasteiger partial charge in [0.15, 0.2) is 0 Å². The number of aliphatic hydroxyl groups excluding tert-OH is 1. The Morgan fingerprint density at radius 1 is 1.19 bits per heavy atom. The quantitative estimate of drug-likeness (QED) is 0.759. The van der Waals surface area contributed by atoms with E-state index in [2.05, 4.69) is 15.9 Å². The molecule has 0 aliphatic rings. The number of hydrogen-bond donors (Lipinski definition) is 1. The fourth-order valence-corrected chi connectivity index (χ4v) is 2.74. The highest BCUT2D eigenvalue weighted by molar-refractivity contribution is 9.10. The molecule has 3 aromatic rings. The van der Waals surface area contributed by atoms with Gasteiger partial charge in [-0.1, -0.05) is 6.07 Å². The van der Waals surface area contributed by atoms with Crippen LogP contribution in [0.3, 0.4) is 0 Å². The van der Waals surface area contributed by atoms with E-state index in [9.17, 15) is 9.50 Å². The molecule has 0 aliphatic carbocycles. The lowest BCUT2D eigenvalue weighted by Crippen LogP contribution is -1.98. The van der Waals surface area contributed by atoms with E-state index in [-0.39, 0.29) is 5.82 Å². The second kappa shape index (κ2) is 5.50. The highest BCUT2D eigenvalue weighted by atomic mass is 79.9. The van der Waals surface area contributed by atoms with E-state index in [1.165, 1.54) is 12.1 Å². The second-order valence-corrected chi connectivity index (χ2v) is 5.48. The number of aliphatic hydroxyl groups is 1. The second-order valence-electron chi connectivity index (χ2n) is 4.63. The fourth-order valence-electron chi connectivity index (χ4n) is 2.19. The molecule has 0 amide bonds. The predicted molar refractivity (Wildman–Crippen MR) is 80.9 cm³/mol. The van der Waals surface area contributed by atoms with Crippen molar-refractivity contribution in [2.45, 2.75) is 6.10 Å². The van der Waals surface area contributed by atoms with Crippen LogP contribution in [-0.4, -0.2) is 12.2 Å². The number of halogens is 2. The van der Waals surface area contributed by atoms with Gasteiger partial charge in [0.2, 0.25) is 0 Å². The molecule has 0 bridgehead atoms. The molecule has 0 saturated carbocycles. The van der Waals surface area contributed by atoms with Crippen LogP contribution in [0.4, 0.5) is 4.39 Å². The van der Waals surface area contributed by atoms with E-state index >= 15 is 0 Å². The van der Waals surface area contributed by atoms with Crippen molar-refractivity contribution in [2.75, 3.05) is 7.11 Å². The molecule has 108 valence electrons. The number of methoxy groups -OCH3 is 1. The summed E-state index contributed by atoms with van der Waals surface area (Å²) in [6, 6.07) is 11.2. The number of rotatable bonds is 3. The van der Waals surface area contributed by atoms with Crippen LogP contribution in [0, 0.1) is 5.82 Å². The van der Waals surface area contributed by atoms with Crippen LogP contribution < -0.4 is 4.74 Å². The first-order chi connectivity index (χ1) is 10.1. The first-order valence-corrected chi connectivity index (χ1v) is 7.08. The monoisotopic (exact) mass is 350 g/mol. The average molecular weight is 351 g/mol. The molecule has 1 atom stereocenters. The van der Waals surface area contributed by atoms with Crippen molar-refractivity contribution in [2.24, 2.45) is 0 Å². The molecule has 0 aliphatic heterocycles. The van der Waals surface area contributed by atoms with E-state index < -0.39 is 6.10 Å². The van der Waals surface area contributed by atoms with Crippen molar-refractivity contribution in [3.63, 3.8) is 0 Å². The van der Waals surface area contributed by atoms with E-state index in [1.807, 2.05) is 0 Å². The zero-order valence-corrected chi connectivity index (χ0v) is 12.7. The minimum atomic E-state index is -0.928. The molecule has 3 rings (SSSR count). The molecule has 3 nitrogen and oxygen atoms in total. The Labute approximate surface area is 129 Å². The summed E-state index contributed by atoms with van der Waals surface area (Å²) in [5.74, 6) is 0.710. The molecule has 2 aromatic carbocycles. The number of benzene rings is 2. The van der Waals surface area contributed by atoms with E-state index in [0.717, 1.165) is 4.47 Å². The lowest BCUT2D eigenvalue weighted by molar-refractivity contribution is 0.192. The molecule has 1 unspecified atom stereocenters. The average Bonchev–Trinajstić information content (AvgIpc) is 2.89. The molecule has 0 radical (unpaired) electrons. The summed E-state index contributed by atoms with van der Waals surface area (Å²) >= 11 is 3.38. The van der Waals surface area contributed by atoms with Crippen LogP contribution in [0.2, 0.25) is 0 Å². The third-order valence-electron chi connectivity index (χ3n) is 3.26. The van der Waals surface area contributed by atoms with Gasteiger partial charge < -0.3 is 14.3 Å². The van der Waals surface area contributed by atoms with Crippen LogP contribution in [0.1, 0.15) is 17.4 Å². The third kappa shape index (κ3) is 2.66. The van der Waals surface area contributed by atoms with Crippen LogP contribution in [0.25, 0.3) is 11.0 Å². The number of ether oxygens (including phenoxy) is 1. The highest BCUT2D eigenvalue weighted by Gasteiger charge is 2.17. The van der Waals surface area contributed by atoms with Crippen molar-refractivity contribution >= 4 is 26.9 Å². The smallest absolute Gasteiger partial charge is 0.138 e. The Kier molecular flexibility index (Phi) is 3.69. The summed E-state index contributed by atoms with van der Waals surface area (Å²) in [7, 11) is 1.57. The Bertz CT molecular complexity index is 797. The van der Waals surface area contributed by atoms with E-state index in [4.69, 9.17) is 9.15 Å². The molecular weight excluding hydrogens is 339 g/mol. The lowest BCUT2D eigenvalue weighted by atomic mass is 10.1. The molecule has 21 heavy (non-hydrogen) atoms. The number of furan rings is 1. The van der Waals surface area contributed by atoms with Crippen molar-refractivity contribution in [3.05, 3.63) is 64.1 Å². The van der Waals surface area contributed by atoms with Gasteiger partial charge in [0, 0.05) is 5.39 Å². The van der Waals surface area contributed by atoms with Gasteiger partial charge in [-0.25, -0.2) is 4.39 Å². The number of fused-ring (bicyclic) bond motifs is 1. The van der Waals surface area contributed by atoms with Gasteiger partial charge in [-0.3, -0.25) is 0 Å². The van der Waals surface area contributed by atoms with Crippen LogP contribution in [0.5, 0.6) is 5.75 Å². The van der Waals surface area contributed by atoms with Gasteiger partial charge in [-0.15, -0.1) is 0 Å². The molecule has 0 fully saturated rings. The summed E-state index contributed by atoms with van der Waals surface area (Å²) in [4.78, 5) is 0. The van der Waals surface area contributed by atoms with E-state index in [1.54, 1.807) is 37.4 Å². The molecule has 0 saturated heterocycles. The molecule has 1 heterocycles. The Balaban J connectivity index is 1.99. The zero-order valence-electron chi connectivity index (χ0n) is 11.1. The SMILES string of the molecule is COc1ccc(C(O)c2cc3cc(F)ccc3o2)cc1Br. The standard InChI is InChI=1S/C16H12BrFO3/c1-20-14-4-2-9(7-12(14)17)16(19)15-8-10-6-11(18)3-5-13(10)21-15/h2-8,16,19H,1H3. The molecular formula is C16H12BrFO3. The molecule has 0 spiro atoms. The fraction of sp³-hybridized carbons (Fsp3) is 0.125. The predicted octanol–water partition coefficient (Wildman–Crippen LogP) is 4.42. The van der Waals surface area contributed by atoms with Crippen LogP contribution >= 0.6 is 15.9 Å². The summed E-state index contributed by atoms with van der Waals surface area (Å²) in [5.41, 5.74) is 1.19. The largest absolute Gasteiger partial charge is 0.496 e. The minimum absolute atomic E-state index is 0.337. The van der Waals surface area contributed by atoms with E-state index in [0.29, 0.717) is 28.0 Å². The Morgan fingerprint density at radius 2 is 2.00 bits per heavy atom. The van der Waals surface area contributed by atoms with Gasteiger partial charge >= 0.3 is 0 Å². The Morgan fingerprint density at radius 3 is 2.71 bits per heavy atom. The van der Waals surface area contributed by atoms with Crippen LogP contribution in [-0.2, 0) is 0 Å². The number of hydrogen-bond acceptors (Lipinski definition) is 3. The summed E-state index contributed by atoms with van der Waals surface area (Å²) < 4.78 is 24.6.